The summed E-state index contributed by atoms with van der Waals surface area (Å²) in [5, 5.41) is 0.159. The molecule has 8 heteroatoms. The summed E-state index contributed by atoms with van der Waals surface area (Å²) in [5.74, 6) is -1.09. The molecule has 0 N–H and O–H groups in total. The fraction of sp³-hybridized carbons (Fsp3) is 0.737. The Kier molecular flexibility index (Phi) is 5.40. The van der Waals surface area contributed by atoms with Gasteiger partial charge in [0.05, 0.1) is 6.61 Å². The van der Waals surface area contributed by atoms with Gasteiger partial charge in [-0.25, -0.2) is 13.8 Å². The first-order valence-corrected chi connectivity index (χ1v) is 13.1. The second-order valence-electron chi connectivity index (χ2n) is 9.50. The summed E-state index contributed by atoms with van der Waals surface area (Å²) < 4.78 is 39.4. The van der Waals surface area contributed by atoms with Crippen LogP contribution < -0.4 is 9.64 Å². The van der Waals surface area contributed by atoms with E-state index in [2.05, 4.69) is 54.8 Å². The highest BCUT2D eigenvalue weighted by atomic mass is 79.9. The van der Waals surface area contributed by atoms with Crippen LogP contribution in [0.5, 0.6) is 5.75 Å². The van der Waals surface area contributed by atoms with Crippen LogP contribution in [0, 0.1) is 5.41 Å². The van der Waals surface area contributed by atoms with Crippen molar-refractivity contribution in [3.8, 4) is 5.75 Å². The summed E-state index contributed by atoms with van der Waals surface area (Å²) in [5.41, 5.74) is -0.235. The lowest BCUT2D eigenvalue weighted by Gasteiger charge is -2.59. The summed E-state index contributed by atoms with van der Waals surface area (Å²) in [6.45, 7) is 13.3. The van der Waals surface area contributed by atoms with Gasteiger partial charge in [0.15, 0.2) is 19.9 Å². The maximum Gasteiger partial charge on any atom is 0.249 e. The van der Waals surface area contributed by atoms with Gasteiger partial charge in [0, 0.05) is 42.0 Å². The highest BCUT2D eigenvalue weighted by Gasteiger charge is 2.62. The summed E-state index contributed by atoms with van der Waals surface area (Å²) in [7, 11) is -1.80. The third-order valence-corrected chi connectivity index (χ3v) is 11.0. The molecule has 3 rings (SSSR count). The first-order chi connectivity index (χ1) is 12.3. The lowest BCUT2D eigenvalue weighted by atomic mass is 9.61. The van der Waals surface area contributed by atoms with E-state index in [-0.39, 0.29) is 23.3 Å². The normalized spacial score (nSPS) is 21.0. The number of ether oxygens (including phenoxy) is 1. The van der Waals surface area contributed by atoms with Gasteiger partial charge >= 0.3 is 0 Å². The predicted molar refractivity (Wildman–Crippen MR) is 109 cm³/mol. The molecule has 0 bridgehead atoms. The molecule has 1 aromatic rings. The van der Waals surface area contributed by atoms with Gasteiger partial charge in [0.25, 0.3) is 0 Å². The fourth-order valence-corrected chi connectivity index (χ4v) is 4.94. The zero-order valence-corrected chi connectivity index (χ0v) is 19.3. The van der Waals surface area contributed by atoms with E-state index in [9.17, 15) is 8.78 Å². The van der Waals surface area contributed by atoms with Gasteiger partial charge in [-0.3, -0.25) is 0 Å². The molecule has 27 heavy (non-hydrogen) atoms. The van der Waals surface area contributed by atoms with Crippen molar-refractivity contribution < 1.29 is 17.9 Å². The maximum absolute atomic E-state index is 13.2. The molecule has 1 aromatic heterocycles. The third kappa shape index (κ3) is 4.48. The van der Waals surface area contributed by atoms with Crippen LogP contribution in [0.15, 0.2) is 16.7 Å². The summed E-state index contributed by atoms with van der Waals surface area (Å²) >= 11 is 3.43. The number of alkyl halides is 2. The van der Waals surface area contributed by atoms with Gasteiger partial charge in [0.2, 0.25) is 5.92 Å². The number of nitrogens with zero attached hydrogens (tertiary/aromatic N) is 2. The number of pyridine rings is 1. The van der Waals surface area contributed by atoms with Crippen LogP contribution >= 0.6 is 15.9 Å². The minimum atomic E-state index is -2.49. The van der Waals surface area contributed by atoms with E-state index in [1.165, 1.54) is 0 Å². The van der Waals surface area contributed by atoms with Crippen LogP contribution in [-0.2, 0) is 4.43 Å². The molecule has 2 aliphatic rings. The molecule has 0 atom stereocenters. The second kappa shape index (κ2) is 6.95. The molecule has 0 unspecified atom stereocenters. The first-order valence-electron chi connectivity index (χ1n) is 9.38. The number of hydrogen-bond donors (Lipinski definition) is 0. The molecule has 0 radical (unpaired) electrons. The van der Waals surface area contributed by atoms with Gasteiger partial charge in [-0.1, -0.05) is 20.8 Å². The monoisotopic (exact) mass is 462 g/mol. The molecule has 4 nitrogen and oxygen atoms in total. The lowest BCUT2D eigenvalue weighted by Crippen LogP contribution is -2.66. The Morgan fingerprint density at radius 3 is 2.41 bits per heavy atom. The zero-order valence-electron chi connectivity index (χ0n) is 16.7. The maximum atomic E-state index is 13.2. The van der Waals surface area contributed by atoms with E-state index in [4.69, 9.17) is 9.16 Å². The molecular weight excluding hydrogens is 434 g/mol. The van der Waals surface area contributed by atoms with Crippen LogP contribution in [0.3, 0.4) is 0 Å². The Labute approximate surface area is 169 Å². The van der Waals surface area contributed by atoms with E-state index in [1.807, 2.05) is 11.0 Å². The van der Waals surface area contributed by atoms with Crippen molar-refractivity contribution >= 4 is 30.1 Å². The Balaban J connectivity index is 1.56. The largest absolute Gasteiger partial charge is 0.487 e. The quantitative estimate of drug-likeness (QED) is 0.413. The topological polar surface area (TPSA) is 34.6 Å². The molecule has 1 spiro atoms. The van der Waals surface area contributed by atoms with Crippen LogP contribution in [0.25, 0.3) is 0 Å². The molecule has 0 amide bonds. The van der Waals surface area contributed by atoms with Gasteiger partial charge in [0.1, 0.15) is 6.61 Å². The summed E-state index contributed by atoms with van der Waals surface area (Å²) in [6.07, 6.45) is 1.70. The summed E-state index contributed by atoms with van der Waals surface area (Å²) in [6, 6.07) is 1.88. The Morgan fingerprint density at radius 2 is 1.85 bits per heavy atom. The average molecular weight is 463 g/mol. The predicted octanol–water partition coefficient (Wildman–Crippen LogP) is 5.48. The number of rotatable bonds is 6. The number of aromatic nitrogens is 1. The van der Waals surface area contributed by atoms with Crippen molar-refractivity contribution in [3.05, 3.63) is 16.7 Å². The molecular formula is C19H29BrF2N2O2Si. The van der Waals surface area contributed by atoms with Crippen LogP contribution in [0.4, 0.5) is 14.6 Å². The van der Waals surface area contributed by atoms with Gasteiger partial charge in [-0.05, 0) is 40.1 Å². The molecule has 1 aliphatic carbocycles. The highest BCUT2D eigenvalue weighted by Crippen LogP contribution is 2.57. The van der Waals surface area contributed by atoms with Crippen LogP contribution in [0.2, 0.25) is 18.1 Å². The van der Waals surface area contributed by atoms with Crippen molar-refractivity contribution in [2.24, 2.45) is 5.41 Å². The van der Waals surface area contributed by atoms with Crippen LogP contribution in [-0.4, -0.2) is 45.5 Å². The third-order valence-electron chi connectivity index (χ3n) is 6.03. The van der Waals surface area contributed by atoms with Gasteiger partial charge < -0.3 is 14.1 Å². The van der Waals surface area contributed by atoms with E-state index >= 15 is 0 Å². The molecule has 0 aromatic carbocycles. The van der Waals surface area contributed by atoms with Gasteiger partial charge in [-0.15, -0.1) is 0 Å². The van der Waals surface area contributed by atoms with Crippen molar-refractivity contribution in [2.75, 3.05) is 31.2 Å². The van der Waals surface area contributed by atoms with E-state index in [0.29, 0.717) is 32.1 Å². The van der Waals surface area contributed by atoms with E-state index < -0.39 is 14.2 Å². The first kappa shape index (κ1) is 21.0. The average Bonchev–Trinajstić information content (AvgIpc) is 2.46. The molecule has 2 heterocycles. The molecule has 1 saturated heterocycles. The Morgan fingerprint density at radius 1 is 1.22 bits per heavy atom. The minimum absolute atomic E-state index is 0.0103. The smallest absolute Gasteiger partial charge is 0.249 e. The van der Waals surface area contributed by atoms with Crippen LogP contribution in [0.1, 0.15) is 33.6 Å². The number of anilines is 1. The molecule has 2 fully saturated rings. The number of halogens is 3. The van der Waals surface area contributed by atoms with Gasteiger partial charge in [-0.2, -0.15) is 0 Å². The standard InChI is InChI=1S/C19H29BrF2N2O2Si/c1-17(2,3)27(4,5)26-7-6-25-15-8-14(20)9-23-16(15)24-12-18(13-24)10-19(21,22)11-18/h8-9H,6-7,10-13H2,1-5H3. The Hall–Kier alpha value is -0.733. The van der Waals surface area contributed by atoms with Crippen molar-refractivity contribution in [1.82, 2.24) is 4.98 Å². The van der Waals surface area contributed by atoms with Crippen molar-refractivity contribution in [3.63, 3.8) is 0 Å². The van der Waals surface area contributed by atoms with Crippen molar-refractivity contribution in [2.45, 2.75) is 57.7 Å². The van der Waals surface area contributed by atoms with E-state index in [0.717, 1.165) is 10.3 Å². The fourth-order valence-electron chi connectivity index (χ4n) is 3.60. The number of hydrogen-bond acceptors (Lipinski definition) is 4. The zero-order chi connectivity index (χ0) is 20.1. The minimum Gasteiger partial charge on any atom is -0.487 e. The van der Waals surface area contributed by atoms with E-state index in [1.54, 1.807) is 6.20 Å². The molecule has 152 valence electrons. The Bertz CT molecular complexity index is 693. The molecule has 1 saturated carbocycles. The SMILES string of the molecule is CC(C)(C)[Si](C)(C)OCCOc1cc(Br)cnc1N1CC2(C1)CC(F)(F)C2. The highest BCUT2D eigenvalue weighted by molar-refractivity contribution is 9.10. The lowest BCUT2D eigenvalue weighted by molar-refractivity contribution is -0.170. The van der Waals surface area contributed by atoms with Crippen molar-refractivity contribution in [1.29, 1.82) is 0 Å². The summed E-state index contributed by atoms with van der Waals surface area (Å²) in [4.78, 5) is 6.50. The second-order valence-corrected chi connectivity index (χ2v) is 15.2. The molecule has 1 aliphatic heterocycles.